The first-order chi connectivity index (χ1) is 15.3. The Morgan fingerprint density at radius 1 is 1.03 bits per heavy atom. The molecule has 0 bridgehead atoms. The molecule has 32 heavy (non-hydrogen) atoms. The van der Waals surface area contributed by atoms with Crippen LogP contribution in [0.5, 0.6) is 5.75 Å². The number of hydrogen-bond acceptors (Lipinski definition) is 4. The number of carbonyl (C=O) groups excluding carboxylic acids is 2. The highest BCUT2D eigenvalue weighted by atomic mass is 32.1. The first-order valence-corrected chi connectivity index (χ1v) is 10.2. The lowest BCUT2D eigenvalue weighted by Gasteiger charge is -2.29. The summed E-state index contributed by atoms with van der Waals surface area (Å²) in [6, 6.07) is 14.9. The number of ether oxygens (including phenoxy) is 1. The number of benzene rings is 2. The molecule has 2 amide bonds. The molecule has 162 valence electrons. The zero-order chi connectivity index (χ0) is 23.0. The van der Waals surface area contributed by atoms with E-state index in [0.29, 0.717) is 22.7 Å². The summed E-state index contributed by atoms with van der Waals surface area (Å²) < 4.78 is 20.8. The van der Waals surface area contributed by atoms with Gasteiger partial charge in [-0.15, -0.1) is 0 Å². The summed E-state index contributed by atoms with van der Waals surface area (Å²) in [5, 5.41) is 2.59. The van der Waals surface area contributed by atoms with Gasteiger partial charge in [0.25, 0.3) is 11.8 Å². The van der Waals surface area contributed by atoms with Crippen LogP contribution in [0.1, 0.15) is 17.0 Å². The third-order valence-electron chi connectivity index (χ3n) is 5.27. The average Bonchev–Trinajstić information content (AvgIpc) is 3.04. The van der Waals surface area contributed by atoms with E-state index in [4.69, 9.17) is 17.0 Å². The lowest BCUT2D eigenvalue weighted by atomic mass is 10.1. The molecule has 6 nitrogen and oxygen atoms in total. The SMILES string of the molecule is COc1ccc(N2C(=O)C(=Cc3cc(C)n(-c4cccc(F)c4)c3C)C(=O)NC2=S)cc1. The molecule has 0 atom stereocenters. The van der Waals surface area contributed by atoms with Gasteiger partial charge in [0.05, 0.1) is 12.8 Å². The average molecular weight is 450 g/mol. The molecule has 2 aromatic carbocycles. The number of nitrogens with zero attached hydrogens (tertiary/aromatic N) is 2. The summed E-state index contributed by atoms with van der Waals surface area (Å²) in [4.78, 5) is 27.1. The molecule has 0 aliphatic carbocycles. The molecule has 8 heteroatoms. The fraction of sp³-hybridized carbons (Fsp3) is 0.125. The third-order valence-corrected chi connectivity index (χ3v) is 5.55. The number of aromatic nitrogens is 1. The Labute approximate surface area is 189 Å². The second-order valence-corrected chi connectivity index (χ2v) is 7.68. The predicted molar refractivity (Wildman–Crippen MR) is 124 cm³/mol. The fourth-order valence-corrected chi connectivity index (χ4v) is 4.01. The number of anilines is 1. The van der Waals surface area contributed by atoms with E-state index in [-0.39, 0.29) is 16.5 Å². The zero-order valence-electron chi connectivity index (χ0n) is 17.7. The van der Waals surface area contributed by atoms with Gasteiger partial charge in [0, 0.05) is 17.1 Å². The minimum Gasteiger partial charge on any atom is -0.497 e. The molecule has 1 aliphatic rings. The van der Waals surface area contributed by atoms with E-state index in [1.807, 2.05) is 24.5 Å². The minimum atomic E-state index is -0.569. The number of thiocarbonyl (C=S) groups is 1. The van der Waals surface area contributed by atoms with E-state index in [1.165, 1.54) is 23.1 Å². The number of rotatable bonds is 4. The Balaban J connectivity index is 1.74. The van der Waals surface area contributed by atoms with Gasteiger partial charge in [-0.3, -0.25) is 19.8 Å². The Kier molecular flexibility index (Phi) is 5.63. The number of aryl methyl sites for hydroxylation is 1. The molecular weight excluding hydrogens is 429 g/mol. The predicted octanol–water partition coefficient (Wildman–Crippen LogP) is 4.07. The lowest BCUT2D eigenvalue weighted by molar-refractivity contribution is -0.122. The van der Waals surface area contributed by atoms with Crippen molar-refractivity contribution >= 4 is 40.9 Å². The van der Waals surface area contributed by atoms with Crippen molar-refractivity contribution in [3.8, 4) is 11.4 Å². The highest BCUT2D eigenvalue weighted by Gasteiger charge is 2.34. The van der Waals surface area contributed by atoms with Gasteiger partial charge in [-0.05, 0) is 86.2 Å². The van der Waals surface area contributed by atoms with Crippen molar-refractivity contribution in [1.82, 2.24) is 9.88 Å². The number of carbonyl (C=O) groups is 2. The number of hydrogen-bond donors (Lipinski definition) is 1. The quantitative estimate of drug-likeness (QED) is 0.371. The molecule has 0 radical (unpaired) electrons. The molecule has 0 unspecified atom stereocenters. The van der Waals surface area contributed by atoms with Crippen LogP contribution in [-0.2, 0) is 9.59 Å². The maximum atomic E-state index is 13.7. The molecule has 2 heterocycles. The van der Waals surface area contributed by atoms with Gasteiger partial charge < -0.3 is 9.30 Å². The van der Waals surface area contributed by atoms with Crippen molar-refractivity contribution in [3.63, 3.8) is 0 Å². The van der Waals surface area contributed by atoms with Crippen LogP contribution in [0.25, 0.3) is 11.8 Å². The largest absolute Gasteiger partial charge is 0.497 e. The maximum Gasteiger partial charge on any atom is 0.270 e. The van der Waals surface area contributed by atoms with Crippen molar-refractivity contribution < 1.29 is 18.7 Å². The summed E-state index contributed by atoms with van der Waals surface area (Å²) in [6.07, 6.45) is 1.54. The molecule has 1 aliphatic heterocycles. The van der Waals surface area contributed by atoms with Crippen LogP contribution in [-0.4, -0.2) is 28.6 Å². The molecular formula is C24H20FN3O3S. The highest BCUT2D eigenvalue weighted by molar-refractivity contribution is 7.80. The van der Waals surface area contributed by atoms with Crippen molar-refractivity contribution in [2.45, 2.75) is 13.8 Å². The molecule has 1 aromatic heterocycles. The van der Waals surface area contributed by atoms with Gasteiger partial charge in [0.1, 0.15) is 17.1 Å². The van der Waals surface area contributed by atoms with Crippen molar-refractivity contribution in [1.29, 1.82) is 0 Å². The Morgan fingerprint density at radius 2 is 1.75 bits per heavy atom. The summed E-state index contributed by atoms with van der Waals surface area (Å²) in [7, 11) is 1.55. The highest BCUT2D eigenvalue weighted by Crippen LogP contribution is 2.27. The van der Waals surface area contributed by atoms with Crippen LogP contribution in [0.4, 0.5) is 10.1 Å². The van der Waals surface area contributed by atoms with Crippen LogP contribution in [0.3, 0.4) is 0 Å². The van der Waals surface area contributed by atoms with Crippen LogP contribution in [0, 0.1) is 19.7 Å². The fourth-order valence-electron chi connectivity index (χ4n) is 3.73. The molecule has 1 N–H and O–H groups in total. The topological polar surface area (TPSA) is 63.6 Å². The maximum absolute atomic E-state index is 13.7. The van der Waals surface area contributed by atoms with Gasteiger partial charge in [0.2, 0.25) is 0 Å². The van der Waals surface area contributed by atoms with E-state index in [2.05, 4.69) is 5.32 Å². The Hall–Kier alpha value is -3.78. The van der Waals surface area contributed by atoms with Crippen LogP contribution >= 0.6 is 12.2 Å². The molecule has 3 aromatic rings. The number of halogens is 1. The van der Waals surface area contributed by atoms with E-state index in [1.54, 1.807) is 43.5 Å². The summed E-state index contributed by atoms with van der Waals surface area (Å²) >= 11 is 5.24. The Bertz CT molecular complexity index is 1280. The van der Waals surface area contributed by atoms with Crippen LogP contribution < -0.4 is 15.0 Å². The second-order valence-electron chi connectivity index (χ2n) is 7.30. The molecule has 0 spiro atoms. The monoisotopic (exact) mass is 449 g/mol. The first-order valence-electron chi connectivity index (χ1n) is 9.80. The van der Waals surface area contributed by atoms with Crippen LogP contribution in [0.15, 0.2) is 60.2 Å². The van der Waals surface area contributed by atoms with Gasteiger partial charge in [-0.25, -0.2) is 4.39 Å². The zero-order valence-corrected chi connectivity index (χ0v) is 18.5. The smallest absolute Gasteiger partial charge is 0.270 e. The standard InChI is InChI=1S/C24H20FN3O3S/c1-14-11-16(15(2)27(14)19-6-4-5-17(25)13-19)12-21-22(29)26-24(32)28(23(21)30)18-7-9-20(31-3)10-8-18/h4-13H,1-3H3,(H,26,29,32). The van der Waals surface area contributed by atoms with Crippen LogP contribution in [0.2, 0.25) is 0 Å². The van der Waals surface area contributed by atoms with Gasteiger partial charge in [0.15, 0.2) is 5.11 Å². The van der Waals surface area contributed by atoms with E-state index >= 15 is 0 Å². The van der Waals surface area contributed by atoms with Gasteiger partial charge in [-0.1, -0.05) is 6.07 Å². The van der Waals surface area contributed by atoms with Crippen molar-refractivity contribution in [2.75, 3.05) is 12.0 Å². The minimum absolute atomic E-state index is 0.00699. The number of methoxy groups -OCH3 is 1. The summed E-state index contributed by atoms with van der Waals surface area (Å²) in [6.45, 7) is 3.73. The summed E-state index contributed by atoms with van der Waals surface area (Å²) in [5.41, 5.74) is 3.40. The molecule has 4 rings (SSSR count). The lowest BCUT2D eigenvalue weighted by Crippen LogP contribution is -2.54. The first kappa shape index (κ1) is 21.5. The Morgan fingerprint density at radius 3 is 2.41 bits per heavy atom. The van der Waals surface area contributed by atoms with E-state index < -0.39 is 11.8 Å². The van der Waals surface area contributed by atoms with E-state index in [0.717, 1.165) is 11.4 Å². The number of nitrogens with one attached hydrogen (secondary N) is 1. The second kappa shape index (κ2) is 8.39. The normalized spacial score (nSPS) is 15.3. The van der Waals surface area contributed by atoms with Crippen molar-refractivity contribution in [3.05, 3.63) is 82.9 Å². The molecule has 0 saturated carbocycles. The summed E-state index contributed by atoms with van der Waals surface area (Å²) in [5.74, 6) is -0.811. The molecule has 1 saturated heterocycles. The third kappa shape index (κ3) is 3.80. The van der Waals surface area contributed by atoms with Crippen molar-refractivity contribution in [2.24, 2.45) is 0 Å². The molecule has 1 fully saturated rings. The van der Waals surface area contributed by atoms with E-state index in [9.17, 15) is 14.0 Å². The number of amides is 2. The van der Waals surface area contributed by atoms with Gasteiger partial charge >= 0.3 is 0 Å². The van der Waals surface area contributed by atoms with Gasteiger partial charge in [-0.2, -0.15) is 0 Å².